The van der Waals surface area contributed by atoms with Crippen LogP contribution in [0.2, 0.25) is 0 Å². The second kappa shape index (κ2) is 4.18. The van der Waals surface area contributed by atoms with Crippen LogP contribution in [-0.2, 0) is 4.79 Å². The summed E-state index contributed by atoms with van der Waals surface area (Å²) in [4.78, 5) is 15.2. The van der Waals surface area contributed by atoms with Gasteiger partial charge >= 0.3 is 0 Å². The predicted octanol–water partition coefficient (Wildman–Crippen LogP) is 0.0875. The van der Waals surface area contributed by atoms with E-state index < -0.39 is 5.60 Å². The molecule has 16 heavy (non-hydrogen) atoms. The highest BCUT2D eigenvalue weighted by Gasteiger charge is 2.48. The molecule has 0 aromatic rings. The molecule has 0 aromatic carbocycles. The first-order valence-electron chi connectivity index (χ1n) is 5.87. The minimum atomic E-state index is -0.639. The van der Waals surface area contributed by atoms with Gasteiger partial charge in [0.1, 0.15) is 5.60 Å². The Labute approximate surface area is 96.5 Å². The highest BCUT2D eigenvalue weighted by molar-refractivity contribution is 5.87. The van der Waals surface area contributed by atoms with Gasteiger partial charge in [-0.25, -0.2) is 0 Å². The number of likely N-dealkylation sites (tertiary alicyclic amines) is 2. The molecule has 1 N–H and O–H groups in total. The van der Waals surface area contributed by atoms with Crippen molar-refractivity contribution in [2.75, 3.05) is 33.2 Å². The third-order valence-corrected chi connectivity index (χ3v) is 3.89. The Morgan fingerprint density at radius 2 is 2.00 bits per heavy atom. The van der Waals surface area contributed by atoms with Crippen LogP contribution in [0, 0.1) is 5.92 Å². The molecule has 2 rings (SSSR count). The van der Waals surface area contributed by atoms with E-state index >= 15 is 0 Å². The van der Waals surface area contributed by atoms with Crippen LogP contribution in [0.5, 0.6) is 0 Å². The Bertz CT molecular complexity index is 289. The molecule has 90 valence electrons. The topological polar surface area (TPSA) is 43.8 Å². The second-order valence-electron chi connectivity index (χ2n) is 5.08. The van der Waals surface area contributed by atoms with Crippen LogP contribution in [0.25, 0.3) is 0 Å². The minimum Gasteiger partial charge on any atom is -0.386 e. The van der Waals surface area contributed by atoms with E-state index in [1.54, 1.807) is 4.90 Å². The molecule has 0 bridgehead atoms. The van der Waals surface area contributed by atoms with Crippen molar-refractivity contribution >= 4 is 5.91 Å². The van der Waals surface area contributed by atoms with E-state index in [2.05, 4.69) is 18.5 Å². The smallest absolute Gasteiger partial charge is 0.246 e. The summed E-state index contributed by atoms with van der Waals surface area (Å²) >= 11 is 0. The largest absolute Gasteiger partial charge is 0.386 e. The van der Waals surface area contributed by atoms with Crippen molar-refractivity contribution in [2.24, 2.45) is 5.92 Å². The van der Waals surface area contributed by atoms with Gasteiger partial charge in [0.05, 0.1) is 13.1 Å². The first-order valence-corrected chi connectivity index (χ1v) is 5.87. The van der Waals surface area contributed by atoms with Gasteiger partial charge in [-0.2, -0.15) is 0 Å². The number of amides is 1. The van der Waals surface area contributed by atoms with Gasteiger partial charge < -0.3 is 14.9 Å². The first kappa shape index (κ1) is 11.6. The van der Waals surface area contributed by atoms with Crippen molar-refractivity contribution in [3.63, 3.8) is 0 Å². The molecular formula is C12H20N2O2. The molecule has 0 unspecified atom stereocenters. The van der Waals surface area contributed by atoms with Crippen molar-refractivity contribution < 1.29 is 9.90 Å². The van der Waals surface area contributed by atoms with Gasteiger partial charge in [0.25, 0.3) is 0 Å². The third-order valence-electron chi connectivity index (χ3n) is 3.89. The number of hydrogen-bond acceptors (Lipinski definition) is 3. The van der Waals surface area contributed by atoms with Crippen molar-refractivity contribution in [3.8, 4) is 0 Å². The highest BCUT2D eigenvalue weighted by Crippen LogP contribution is 2.35. The molecule has 2 aliphatic heterocycles. The number of carbonyl (C=O) groups excluding carboxylic acids is 1. The van der Waals surface area contributed by atoms with Crippen LogP contribution >= 0.6 is 0 Å². The predicted molar refractivity (Wildman–Crippen MR) is 61.9 cm³/mol. The molecule has 4 nitrogen and oxygen atoms in total. The number of carbonyl (C=O) groups is 1. The standard InChI is InChI=1S/C12H20N2O2/c1-3-11(15)14-8-12(16,9-14)10-4-6-13(2)7-5-10/h3,10,16H,1,4-9H2,2H3. The molecule has 2 fully saturated rings. The lowest BCUT2D eigenvalue weighted by Gasteiger charge is -2.52. The lowest BCUT2D eigenvalue weighted by Crippen LogP contribution is -2.67. The van der Waals surface area contributed by atoms with E-state index in [1.807, 2.05) is 0 Å². The molecule has 0 aliphatic carbocycles. The minimum absolute atomic E-state index is 0.0717. The van der Waals surface area contributed by atoms with E-state index in [-0.39, 0.29) is 5.91 Å². The van der Waals surface area contributed by atoms with Crippen molar-refractivity contribution in [1.29, 1.82) is 0 Å². The van der Waals surface area contributed by atoms with Crippen LogP contribution in [-0.4, -0.2) is 59.6 Å². The lowest BCUT2D eigenvalue weighted by molar-refractivity contribution is -0.166. The molecule has 2 aliphatic rings. The van der Waals surface area contributed by atoms with Crippen molar-refractivity contribution in [2.45, 2.75) is 18.4 Å². The zero-order valence-electron chi connectivity index (χ0n) is 9.85. The van der Waals surface area contributed by atoms with E-state index in [9.17, 15) is 9.90 Å². The molecule has 0 aromatic heterocycles. The molecule has 0 spiro atoms. The average molecular weight is 224 g/mol. The molecule has 0 atom stereocenters. The summed E-state index contributed by atoms with van der Waals surface area (Å²) in [5, 5.41) is 10.4. The summed E-state index contributed by atoms with van der Waals surface area (Å²) in [5.74, 6) is 0.273. The van der Waals surface area contributed by atoms with E-state index in [0.717, 1.165) is 25.9 Å². The molecule has 2 heterocycles. The van der Waals surface area contributed by atoms with Crippen LogP contribution in [0.4, 0.5) is 0 Å². The summed E-state index contributed by atoms with van der Waals surface area (Å²) in [6.45, 7) is 6.50. The van der Waals surface area contributed by atoms with Gasteiger partial charge in [-0.1, -0.05) is 6.58 Å². The number of hydrogen-bond donors (Lipinski definition) is 1. The third kappa shape index (κ3) is 1.99. The number of aliphatic hydroxyl groups is 1. The van der Waals surface area contributed by atoms with Crippen LogP contribution in [0.3, 0.4) is 0 Å². The fourth-order valence-corrected chi connectivity index (χ4v) is 2.70. The quantitative estimate of drug-likeness (QED) is 0.676. The Morgan fingerprint density at radius 1 is 1.44 bits per heavy atom. The van der Waals surface area contributed by atoms with Crippen LogP contribution in [0.15, 0.2) is 12.7 Å². The van der Waals surface area contributed by atoms with Crippen LogP contribution < -0.4 is 0 Å². The summed E-state index contributed by atoms with van der Waals surface area (Å²) in [6.07, 6.45) is 3.38. The summed E-state index contributed by atoms with van der Waals surface area (Å²) < 4.78 is 0. The zero-order chi connectivity index (χ0) is 11.8. The van der Waals surface area contributed by atoms with E-state index in [1.165, 1.54) is 6.08 Å². The fourth-order valence-electron chi connectivity index (χ4n) is 2.70. The van der Waals surface area contributed by atoms with E-state index in [0.29, 0.717) is 19.0 Å². The van der Waals surface area contributed by atoms with E-state index in [4.69, 9.17) is 0 Å². The van der Waals surface area contributed by atoms with Gasteiger partial charge in [-0.3, -0.25) is 4.79 Å². The van der Waals surface area contributed by atoms with Crippen molar-refractivity contribution in [3.05, 3.63) is 12.7 Å². The number of nitrogens with zero attached hydrogens (tertiary/aromatic N) is 2. The Kier molecular flexibility index (Phi) is 3.04. The second-order valence-corrected chi connectivity index (χ2v) is 5.08. The Morgan fingerprint density at radius 3 is 2.50 bits per heavy atom. The summed E-state index contributed by atoms with van der Waals surface area (Å²) in [6, 6.07) is 0. The zero-order valence-corrected chi connectivity index (χ0v) is 9.85. The van der Waals surface area contributed by atoms with Gasteiger partial charge in [0, 0.05) is 0 Å². The fraction of sp³-hybridized carbons (Fsp3) is 0.750. The number of β-amino-alcohol motifs (C(OH)–C–C–N with tert-alkyl or cyclic N) is 1. The molecular weight excluding hydrogens is 204 g/mol. The average Bonchev–Trinajstić information content (AvgIpc) is 2.25. The molecule has 0 radical (unpaired) electrons. The maximum Gasteiger partial charge on any atom is 0.246 e. The maximum atomic E-state index is 11.3. The van der Waals surface area contributed by atoms with Gasteiger partial charge in [-0.15, -0.1) is 0 Å². The number of rotatable bonds is 2. The number of piperidine rings is 1. The molecule has 4 heteroatoms. The highest BCUT2D eigenvalue weighted by atomic mass is 16.3. The summed E-state index contributed by atoms with van der Waals surface area (Å²) in [7, 11) is 2.11. The maximum absolute atomic E-state index is 11.3. The SMILES string of the molecule is C=CC(=O)N1CC(O)(C2CCN(C)CC2)C1. The Hall–Kier alpha value is -0.870. The van der Waals surface area contributed by atoms with Gasteiger partial charge in [-0.05, 0) is 45.0 Å². The molecule has 0 saturated carbocycles. The molecule has 2 saturated heterocycles. The lowest BCUT2D eigenvalue weighted by atomic mass is 9.75. The first-order chi connectivity index (χ1) is 7.55. The molecule has 1 amide bonds. The van der Waals surface area contributed by atoms with Gasteiger partial charge in [0.15, 0.2) is 0 Å². The van der Waals surface area contributed by atoms with Crippen molar-refractivity contribution in [1.82, 2.24) is 9.80 Å². The summed E-state index contributed by atoms with van der Waals surface area (Å²) in [5.41, 5.74) is -0.639. The van der Waals surface area contributed by atoms with Gasteiger partial charge in [0.2, 0.25) is 5.91 Å². The Balaban J connectivity index is 1.87. The monoisotopic (exact) mass is 224 g/mol. The normalized spacial score (nSPS) is 26.2. The van der Waals surface area contributed by atoms with Crippen LogP contribution in [0.1, 0.15) is 12.8 Å².